The number of carbonyl (C=O) groups excluding carboxylic acids is 1. The van der Waals surface area contributed by atoms with Gasteiger partial charge in [0, 0.05) is 13.6 Å². The van der Waals surface area contributed by atoms with Gasteiger partial charge in [0.1, 0.15) is 5.75 Å². The van der Waals surface area contributed by atoms with Crippen molar-refractivity contribution in [3.63, 3.8) is 0 Å². The number of hydrogen-bond acceptors (Lipinski definition) is 4. The van der Waals surface area contributed by atoms with E-state index in [0.29, 0.717) is 17.1 Å². The predicted molar refractivity (Wildman–Crippen MR) is 92.8 cm³/mol. The number of amides is 1. The van der Waals surface area contributed by atoms with Gasteiger partial charge in [0.2, 0.25) is 5.91 Å². The van der Waals surface area contributed by atoms with Gasteiger partial charge in [0.15, 0.2) is 11.5 Å². The first kappa shape index (κ1) is 20.4. The summed E-state index contributed by atoms with van der Waals surface area (Å²) >= 11 is 0. The lowest BCUT2D eigenvalue weighted by Gasteiger charge is -2.18. The number of carbonyl (C=O) groups is 1. The van der Waals surface area contributed by atoms with Crippen LogP contribution in [0.15, 0.2) is 42.5 Å². The summed E-state index contributed by atoms with van der Waals surface area (Å²) in [6.07, 6.45) is -4.57. The topological polar surface area (TPSA) is 48.0 Å². The zero-order chi connectivity index (χ0) is 20.0. The van der Waals surface area contributed by atoms with E-state index in [1.807, 2.05) is 0 Å². The fraction of sp³-hybridized carbons (Fsp3) is 0.316. The molecule has 0 N–H and O–H groups in total. The standard InChI is InChI=1S/C19H20F3NO4/c1-23(12-13-4-7-15(8-5-13)27-19(20,21)22)18(24)11-14-6-9-16(25-2)17(10-14)26-3/h4-10H,11-12H2,1-3H3. The Morgan fingerprint density at radius 1 is 0.963 bits per heavy atom. The summed E-state index contributed by atoms with van der Waals surface area (Å²) in [5.41, 5.74) is 1.45. The van der Waals surface area contributed by atoms with E-state index in [1.54, 1.807) is 25.2 Å². The normalized spacial score (nSPS) is 11.0. The lowest BCUT2D eigenvalue weighted by Crippen LogP contribution is -2.27. The van der Waals surface area contributed by atoms with Gasteiger partial charge in [0.05, 0.1) is 20.6 Å². The largest absolute Gasteiger partial charge is 0.573 e. The molecule has 0 fully saturated rings. The number of hydrogen-bond donors (Lipinski definition) is 0. The molecule has 0 aliphatic carbocycles. The van der Waals surface area contributed by atoms with E-state index in [-0.39, 0.29) is 24.6 Å². The molecule has 0 bridgehead atoms. The molecular formula is C19H20F3NO4. The van der Waals surface area contributed by atoms with Crippen LogP contribution >= 0.6 is 0 Å². The fourth-order valence-corrected chi connectivity index (χ4v) is 2.46. The number of likely N-dealkylation sites (N-methyl/N-ethyl adjacent to an activating group) is 1. The molecule has 8 heteroatoms. The highest BCUT2D eigenvalue weighted by atomic mass is 19.4. The van der Waals surface area contributed by atoms with Gasteiger partial charge >= 0.3 is 6.36 Å². The zero-order valence-corrected chi connectivity index (χ0v) is 15.2. The summed E-state index contributed by atoms with van der Waals surface area (Å²) in [6, 6.07) is 10.6. The summed E-state index contributed by atoms with van der Waals surface area (Å²) in [5.74, 6) is 0.664. The van der Waals surface area contributed by atoms with Crippen LogP contribution in [-0.2, 0) is 17.8 Å². The van der Waals surface area contributed by atoms with Crippen LogP contribution in [0.4, 0.5) is 13.2 Å². The highest BCUT2D eigenvalue weighted by Gasteiger charge is 2.30. The maximum atomic E-state index is 12.4. The van der Waals surface area contributed by atoms with Gasteiger partial charge in [-0.3, -0.25) is 4.79 Å². The number of halogens is 3. The van der Waals surface area contributed by atoms with Crippen LogP contribution in [0, 0.1) is 0 Å². The van der Waals surface area contributed by atoms with E-state index in [9.17, 15) is 18.0 Å². The molecule has 2 aromatic carbocycles. The number of rotatable bonds is 7. The second-order valence-electron chi connectivity index (χ2n) is 5.81. The summed E-state index contributed by atoms with van der Waals surface area (Å²) in [7, 11) is 4.67. The first-order chi connectivity index (χ1) is 12.7. The third-order valence-corrected chi connectivity index (χ3v) is 3.81. The first-order valence-corrected chi connectivity index (χ1v) is 8.01. The molecule has 1 amide bonds. The van der Waals surface area contributed by atoms with Crippen LogP contribution in [-0.4, -0.2) is 38.4 Å². The van der Waals surface area contributed by atoms with Crippen molar-refractivity contribution < 1.29 is 32.2 Å². The Hall–Kier alpha value is -2.90. The molecule has 2 aromatic rings. The van der Waals surface area contributed by atoms with Crippen molar-refractivity contribution in [1.82, 2.24) is 4.90 Å². The molecule has 0 atom stereocenters. The Balaban J connectivity index is 1.97. The molecule has 0 radical (unpaired) electrons. The molecule has 0 aromatic heterocycles. The van der Waals surface area contributed by atoms with E-state index in [0.717, 1.165) is 5.56 Å². The minimum Gasteiger partial charge on any atom is -0.493 e. The minimum atomic E-state index is -4.73. The fourth-order valence-electron chi connectivity index (χ4n) is 2.46. The van der Waals surface area contributed by atoms with Gasteiger partial charge in [-0.2, -0.15) is 0 Å². The average Bonchev–Trinajstić information content (AvgIpc) is 2.61. The quantitative estimate of drug-likeness (QED) is 0.730. The molecule has 0 aliphatic heterocycles. The summed E-state index contributed by atoms with van der Waals surface area (Å²) < 4.78 is 50.7. The van der Waals surface area contributed by atoms with Crippen molar-refractivity contribution in [2.45, 2.75) is 19.3 Å². The maximum absolute atomic E-state index is 12.4. The van der Waals surface area contributed by atoms with Gasteiger partial charge in [0.25, 0.3) is 0 Å². The van der Waals surface area contributed by atoms with Crippen LogP contribution < -0.4 is 14.2 Å². The second kappa shape index (κ2) is 8.66. The van der Waals surface area contributed by atoms with E-state index >= 15 is 0 Å². The Bertz CT molecular complexity index is 776. The van der Waals surface area contributed by atoms with E-state index in [4.69, 9.17) is 9.47 Å². The van der Waals surface area contributed by atoms with Crippen molar-refractivity contribution in [3.05, 3.63) is 53.6 Å². The Kier molecular flexibility index (Phi) is 6.55. The first-order valence-electron chi connectivity index (χ1n) is 8.01. The van der Waals surface area contributed by atoms with Crippen LogP contribution in [0.25, 0.3) is 0 Å². The molecule has 5 nitrogen and oxygen atoms in total. The van der Waals surface area contributed by atoms with Gasteiger partial charge in [-0.15, -0.1) is 13.2 Å². The third-order valence-electron chi connectivity index (χ3n) is 3.81. The van der Waals surface area contributed by atoms with Crippen molar-refractivity contribution in [2.75, 3.05) is 21.3 Å². The highest BCUT2D eigenvalue weighted by molar-refractivity contribution is 5.78. The van der Waals surface area contributed by atoms with E-state index < -0.39 is 6.36 Å². The van der Waals surface area contributed by atoms with Crippen molar-refractivity contribution in [2.24, 2.45) is 0 Å². The molecule has 0 unspecified atom stereocenters. The summed E-state index contributed by atoms with van der Waals surface area (Å²) in [5, 5.41) is 0. The van der Waals surface area contributed by atoms with E-state index in [2.05, 4.69) is 4.74 Å². The van der Waals surface area contributed by atoms with Gasteiger partial charge in [-0.05, 0) is 35.4 Å². The lowest BCUT2D eigenvalue weighted by atomic mass is 10.1. The lowest BCUT2D eigenvalue weighted by molar-refractivity contribution is -0.274. The second-order valence-corrected chi connectivity index (χ2v) is 5.81. The third kappa shape index (κ3) is 6.09. The summed E-state index contributed by atoms with van der Waals surface area (Å²) in [4.78, 5) is 13.9. The minimum absolute atomic E-state index is 0.141. The predicted octanol–water partition coefficient (Wildman–Crippen LogP) is 3.80. The van der Waals surface area contributed by atoms with Crippen molar-refractivity contribution in [1.29, 1.82) is 0 Å². The van der Waals surface area contributed by atoms with Crippen LogP contribution in [0.1, 0.15) is 11.1 Å². The maximum Gasteiger partial charge on any atom is 0.573 e. The number of benzene rings is 2. The summed E-state index contributed by atoms with van der Waals surface area (Å²) in [6.45, 7) is 0.262. The highest BCUT2D eigenvalue weighted by Crippen LogP contribution is 2.28. The Morgan fingerprint density at radius 2 is 1.56 bits per heavy atom. The van der Waals surface area contributed by atoms with Gasteiger partial charge < -0.3 is 19.1 Å². The molecular weight excluding hydrogens is 363 g/mol. The van der Waals surface area contributed by atoms with Crippen molar-refractivity contribution in [3.8, 4) is 17.2 Å². The van der Waals surface area contributed by atoms with Gasteiger partial charge in [-0.25, -0.2) is 0 Å². The SMILES string of the molecule is COc1ccc(CC(=O)N(C)Cc2ccc(OC(F)(F)F)cc2)cc1OC. The molecule has 0 heterocycles. The Morgan fingerprint density at radius 3 is 2.11 bits per heavy atom. The number of alkyl halides is 3. The van der Waals surface area contributed by atoms with Crippen LogP contribution in [0.2, 0.25) is 0 Å². The number of ether oxygens (including phenoxy) is 3. The molecule has 0 aliphatic rings. The molecule has 146 valence electrons. The van der Waals surface area contributed by atoms with Crippen molar-refractivity contribution >= 4 is 5.91 Å². The molecule has 0 saturated heterocycles. The van der Waals surface area contributed by atoms with Crippen LogP contribution in [0.5, 0.6) is 17.2 Å². The average molecular weight is 383 g/mol. The number of nitrogens with zero attached hydrogens (tertiary/aromatic N) is 1. The Labute approximate surface area is 155 Å². The molecule has 0 saturated carbocycles. The smallest absolute Gasteiger partial charge is 0.493 e. The monoisotopic (exact) mass is 383 g/mol. The zero-order valence-electron chi connectivity index (χ0n) is 15.2. The van der Waals surface area contributed by atoms with Gasteiger partial charge in [-0.1, -0.05) is 18.2 Å². The molecule has 27 heavy (non-hydrogen) atoms. The molecule has 2 rings (SSSR count). The van der Waals surface area contributed by atoms with Crippen LogP contribution in [0.3, 0.4) is 0 Å². The van der Waals surface area contributed by atoms with E-state index in [1.165, 1.54) is 43.4 Å². The molecule has 0 spiro atoms. The number of methoxy groups -OCH3 is 2.